The van der Waals surface area contributed by atoms with Gasteiger partial charge >= 0.3 is 5.97 Å². The van der Waals surface area contributed by atoms with Crippen LogP contribution < -0.4 is 0 Å². The van der Waals surface area contributed by atoms with Crippen molar-refractivity contribution in [3.8, 4) is 0 Å². The van der Waals surface area contributed by atoms with Crippen molar-refractivity contribution in [1.82, 2.24) is 0 Å². The molecule has 0 saturated heterocycles. The van der Waals surface area contributed by atoms with E-state index in [1.807, 2.05) is 13.0 Å². The Kier molecular flexibility index (Phi) is 4.28. The van der Waals surface area contributed by atoms with Crippen LogP contribution in [0.4, 0.5) is 4.39 Å². The topological polar surface area (TPSA) is 26.3 Å². The first-order valence-electron chi connectivity index (χ1n) is 5.04. The van der Waals surface area contributed by atoms with Gasteiger partial charge in [-0.15, -0.1) is 0 Å². The SMILES string of the molecule is CCOC(=O)CCc1ccc(C)cc1F. The Morgan fingerprint density at radius 3 is 2.80 bits per heavy atom. The molecule has 0 N–H and O–H groups in total. The van der Waals surface area contributed by atoms with E-state index in [1.165, 1.54) is 6.07 Å². The minimum atomic E-state index is -0.280. The molecule has 2 nitrogen and oxygen atoms in total. The summed E-state index contributed by atoms with van der Waals surface area (Å²) in [6.07, 6.45) is 0.624. The number of carbonyl (C=O) groups excluding carboxylic acids is 1. The first kappa shape index (κ1) is 11.7. The summed E-state index contributed by atoms with van der Waals surface area (Å²) < 4.78 is 18.1. The number of esters is 1. The third-order valence-electron chi connectivity index (χ3n) is 2.11. The van der Waals surface area contributed by atoms with E-state index in [9.17, 15) is 9.18 Å². The molecular formula is C12H15FO2. The zero-order valence-corrected chi connectivity index (χ0v) is 9.05. The molecule has 15 heavy (non-hydrogen) atoms. The number of hydrogen-bond acceptors (Lipinski definition) is 2. The summed E-state index contributed by atoms with van der Waals surface area (Å²) in [4.78, 5) is 11.0. The second-order valence-electron chi connectivity index (χ2n) is 3.40. The number of ether oxygens (including phenoxy) is 1. The lowest BCUT2D eigenvalue weighted by Gasteiger charge is -2.04. The lowest BCUT2D eigenvalue weighted by atomic mass is 10.1. The van der Waals surface area contributed by atoms with Crippen molar-refractivity contribution in [3.63, 3.8) is 0 Å². The van der Waals surface area contributed by atoms with Crippen LogP contribution in [0, 0.1) is 12.7 Å². The van der Waals surface area contributed by atoms with Crippen LogP contribution in [0.5, 0.6) is 0 Å². The van der Waals surface area contributed by atoms with E-state index in [4.69, 9.17) is 4.74 Å². The second kappa shape index (κ2) is 5.49. The third kappa shape index (κ3) is 3.70. The highest BCUT2D eigenvalue weighted by Crippen LogP contribution is 2.12. The number of carbonyl (C=O) groups is 1. The highest BCUT2D eigenvalue weighted by molar-refractivity contribution is 5.69. The summed E-state index contributed by atoms with van der Waals surface area (Å²) in [5, 5.41) is 0. The maximum Gasteiger partial charge on any atom is 0.306 e. The second-order valence-corrected chi connectivity index (χ2v) is 3.40. The molecule has 0 aliphatic carbocycles. The fourth-order valence-electron chi connectivity index (χ4n) is 1.32. The zero-order chi connectivity index (χ0) is 11.3. The molecule has 0 aromatic heterocycles. The first-order chi connectivity index (χ1) is 7.13. The Morgan fingerprint density at radius 2 is 2.20 bits per heavy atom. The minimum Gasteiger partial charge on any atom is -0.466 e. The molecule has 3 heteroatoms. The largest absolute Gasteiger partial charge is 0.466 e. The van der Waals surface area contributed by atoms with Gasteiger partial charge in [0.25, 0.3) is 0 Å². The van der Waals surface area contributed by atoms with Gasteiger partial charge < -0.3 is 4.74 Å². The molecule has 0 aliphatic heterocycles. The molecule has 0 bridgehead atoms. The Bertz CT molecular complexity index is 347. The van der Waals surface area contributed by atoms with Crippen LogP contribution >= 0.6 is 0 Å². The predicted molar refractivity (Wildman–Crippen MR) is 56.1 cm³/mol. The van der Waals surface area contributed by atoms with E-state index >= 15 is 0 Å². The number of rotatable bonds is 4. The highest BCUT2D eigenvalue weighted by atomic mass is 19.1. The summed E-state index contributed by atoms with van der Waals surface area (Å²) in [5.74, 6) is -0.531. The van der Waals surface area contributed by atoms with Crippen molar-refractivity contribution in [2.45, 2.75) is 26.7 Å². The molecule has 0 spiro atoms. The van der Waals surface area contributed by atoms with Crippen molar-refractivity contribution in [2.75, 3.05) is 6.61 Å². The summed E-state index contributed by atoms with van der Waals surface area (Å²) in [6, 6.07) is 5.02. The molecule has 0 atom stereocenters. The van der Waals surface area contributed by atoms with E-state index in [2.05, 4.69) is 0 Å². The van der Waals surface area contributed by atoms with E-state index in [0.717, 1.165) is 5.56 Å². The predicted octanol–water partition coefficient (Wildman–Crippen LogP) is 2.63. The molecule has 0 fully saturated rings. The van der Waals surface area contributed by atoms with Crippen molar-refractivity contribution >= 4 is 5.97 Å². The Hall–Kier alpha value is -1.38. The molecule has 0 heterocycles. The van der Waals surface area contributed by atoms with Crippen molar-refractivity contribution in [2.24, 2.45) is 0 Å². The molecule has 0 unspecified atom stereocenters. The van der Waals surface area contributed by atoms with Crippen LogP contribution in [0.15, 0.2) is 18.2 Å². The summed E-state index contributed by atoms with van der Waals surface area (Å²) in [7, 11) is 0. The molecule has 82 valence electrons. The van der Waals surface area contributed by atoms with Crippen LogP contribution in [0.2, 0.25) is 0 Å². The van der Waals surface area contributed by atoms with Gasteiger partial charge in [0.05, 0.1) is 6.61 Å². The first-order valence-corrected chi connectivity index (χ1v) is 5.04. The molecule has 0 amide bonds. The monoisotopic (exact) mass is 210 g/mol. The van der Waals surface area contributed by atoms with Gasteiger partial charge in [-0.1, -0.05) is 12.1 Å². The van der Waals surface area contributed by atoms with Crippen molar-refractivity contribution < 1.29 is 13.9 Å². The minimum absolute atomic E-state index is 0.230. The number of hydrogen-bond donors (Lipinski definition) is 0. The van der Waals surface area contributed by atoms with Crippen LogP contribution in [0.25, 0.3) is 0 Å². The maximum atomic E-state index is 13.3. The number of benzene rings is 1. The molecule has 1 aromatic rings. The van der Waals surface area contributed by atoms with Gasteiger partial charge in [-0.05, 0) is 37.5 Å². The Balaban J connectivity index is 2.54. The van der Waals surface area contributed by atoms with Crippen molar-refractivity contribution in [3.05, 3.63) is 35.1 Å². The average Bonchev–Trinajstić information content (AvgIpc) is 2.17. The van der Waals surface area contributed by atoms with Gasteiger partial charge in [-0.2, -0.15) is 0 Å². The van der Waals surface area contributed by atoms with Gasteiger partial charge in [-0.25, -0.2) is 4.39 Å². The molecule has 1 aromatic carbocycles. The van der Waals surface area contributed by atoms with E-state index in [1.54, 1.807) is 13.0 Å². The molecule has 0 radical (unpaired) electrons. The highest BCUT2D eigenvalue weighted by Gasteiger charge is 2.06. The summed E-state index contributed by atoms with van der Waals surface area (Å²) in [5.41, 5.74) is 1.45. The number of aryl methyl sites for hydroxylation is 2. The van der Waals surface area contributed by atoms with Gasteiger partial charge in [0, 0.05) is 6.42 Å². The lowest BCUT2D eigenvalue weighted by Crippen LogP contribution is -2.05. The third-order valence-corrected chi connectivity index (χ3v) is 2.11. The van der Waals surface area contributed by atoms with E-state index < -0.39 is 0 Å². The fourth-order valence-corrected chi connectivity index (χ4v) is 1.32. The Morgan fingerprint density at radius 1 is 1.47 bits per heavy atom. The number of halogens is 1. The van der Waals surface area contributed by atoms with Crippen LogP contribution in [-0.2, 0) is 16.0 Å². The Labute approximate surface area is 89.1 Å². The van der Waals surface area contributed by atoms with Crippen LogP contribution in [0.3, 0.4) is 0 Å². The quantitative estimate of drug-likeness (QED) is 0.714. The van der Waals surface area contributed by atoms with Gasteiger partial charge in [0.15, 0.2) is 0 Å². The normalized spacial score (nSPS) is 10.1. The van der Waals surface area contributed by atoms with Gasteiger partial charge in [0.1, 0.15) is 5.82 Å². The molecular weight excluding hydrogens is 195 g/mol. The zero-order valence-electron chi connectivity index (χ0n) is 9.05. The maximum absolute atomic E-state index is 13.3. The lowest BCUT2D eigenvalue weighted by molar-refractivity contribution is -0.143. The van der Waals surface area contributed by atoms with Crippen LogP contribution in [-0.4, -0.2) is 12.6 Å². The van der Waals surface area contributed by atoms with Crippen LogP contribution in [0.1, 0.15) is 24.5 Å². The average molecular weight is 210 g/mol. The molecule has 0 aliphatic rings. The van der Waals surface area contributed by atoms with Gasteiger partial charge in [-0.3, -0.25) is 4.79 Å². The van der Waals surface area contributed by atoms with Crippen molar-refractivity contribution in [1.29, 1.82) is 0 Å². The van der Waals surface area contributed by atoms with Gasteiger partial charge in [0.2, 0.25) is 0 Å². The standard InChI is InChI=1S/C12H15FO2/c1-3-15-12(14)7-6-10-5-4-9(2)8-11(10)13/h4-5,8H,3,6-7H2,1-2H3. The molecule has 1 rings (SSSR count). The van der Waals surface area contributed by atoms with E-state index in [-0.39, 0.29) is 18.2 Å². The summed E-state index contributed by atoms with van der Waals surface area (Å²) in [6.45, 7) is 3.96. The fraction of sp³-hybridized carbons (Fsp3) is 0.417. The summed E-state index contributed by atoms with van der Waals surface area (Å²) >= 11 is 0. The van der Waals surface area contributed by atoms with E-state index in [0.29, 0.717) is 18.6 Å². The molecule has 0 saturated carbocycles. The smallest absolute Gasteiger partial charge is 0.306 e.